The van der Waals surface area contributed by atoms with E-state index in [1.807, 2.05) is 17.0 Å². The molecule has 0 unspecified atom stereocenters. The van der Waals surface area contributed by atoms with Gasteiger partial charge in [-0.1, -0.05) is 0 Å². The van der Waals surface area contributed by atoms with Crippen molar-refractivity contribution < 1.29 is 19.3 Å². The molecular formula is C18H24N3O3+. The van der Waals surface area contributed by atoms with Crippen molar-refractivity contribution in [3.8, 4) is 11.5 Å². The number of anilines is 1. The van der Waals surface area contributed by atoms with Crippen LogP contribution in [0.25, 0.3) is 10.9 Å². The highest BCUT2D eigenvalue weighted by Crippen LogP contribution is 2.33. The van der Waals surface area contributed by atoms with E-state index in [0.29, 0.717) is 0 Å². The number of hydrogen-bond donors (Lipinski definition) is 0. The summed E-state index contributed by atoms with van der Waals surface area (Å²) in [5.41, 5.74) is 2.06. The molecule has 2 aromatic rings. The van der Waals surface area contributed by atoms with E-state index < -0.39 is 0 Å². The number of benzene rings is 1. The molecule has 1 aliphatic rings. The molecule has 0 saturated carbocycles. The average molecular weight is 330 g/mol. The Morgan fingerprint density at radius 1 is 1.08 bits per heavy atom. The number of rotatable bonds is 3. The summed E-state index contributed by atoms with van der Waals surface area (Å²) in [6.45, 7) is 6.82. The number of H-pyrrole nitrogens is 1. The molecule has 6 nitrogen and oxygen atoms in total. The lowest BCUT2D eigenvalue weighted by Gasteiger charge is -2.30. The van der Waals surface area contributed by atoms with Crippen LogP contribution in [0.15, 0.2) is 18.2 Å². The molecule has 1 aromatic heterocycles. The number of nitrogens with one attached hydrogen (secondary N) is 1. The number of carbonyl (C=O) groups is 1. The normalized spacial score (nSPS) is 14.8. The molecule has 1 aromatic carbocycles. The first-order chi connectivity index (χ1) is 11.5. The number of aromatic amines is 1. The lowest BCUT2D eigenvalue weighted by atomic mass is 10.1. The fraction of sp³-hybridized carbons (Fsp3) is 0.444. The smallest absolute Gasteiger partial charge is 0.275 e. The molecule has 1 saturated heterocycles. The number of nitrogens with zero attached hydrogens (tertiary/aromatic N) is 2. The fourth-order valence-corrected chi connectivity index (χ4v) is 3.29. The van der Waals surface area contributed by atoms with Gasteiger partial charge in [0.15, 0.2) is 11.3 Å². The minimum Gasteiger partial charge on any atom is -0.496 e. The number of aryl methyl sites for hydroxylation is 1. The Bertz CT molecular complexity index is 768. The maximum Gasteiger partial charge on any atom is 0.275 e. The van der Waals surface area contributed by atoms with Crippen molar-refractivity contribution in [3.63, 3.8) is 0 Å². The molecule has 128 valence electrons. The van der Waals surface area contributed by atoms with Gasteiger partial charge in [0, 0.05) is 13.0 Å². The van der Waals surface area contributed by atoms with Crippen LogP contribution in [0.3, 0.4) is 0 Å². The van der Waals surface area contributed by atoms with Gasteiger partial charge in [-0.05, 0) is 24.6 Å². The van der Waals surface area contributed by atoms with E-state index in [2.05, 4.69) is 22.9 Å². The number of methoxy groups -OCH3 is 2. The van der Waals surface area contributed by atoms with Crippen molar-refractivity contribution >= 4 is 22.6 Å². The topological polar surface area (TPSA) is 56.2 Å². The Morgan fingerprint density at radius 2 is 1.71 bits per heavy atom. The van der Waals surface area contributed by atoms with Crippen molar-refractivity contribution in [2.45, 2.75) is 13.8 Å². The number of carbonyl (C=O) groups excluding carboxylic acids is 1. The van der Waals surface area contributed by atoms with E-state index in [9.17, 15) is 4.79 Å². The molecule has 1 N–H and O–H groups in total. The summed E-state index contributed by atoms with van der Waals surface area (Å²) in [6.07, 6.45) is 0. The Kier molecular flexibility index (Phi) is 4.46. The summed E-state index contributed by atoms with van der Waals surface area (Å²) < 4.78 is 11.0. The summed E-state index contributed by atoms with van der Waals surface area (Å²) >= 11 is 0. The molecule has 1 fully saturated rings. The van der Waals surface area contributed by atoms with Crippen molar-refractivity contribution in [1.29, 1.82) is 0 Å². The maximum absolute atomic E-state index is 11.5. The zero-order valence-corrected chi connectivity index (χ0v) is 14.7. The minimum absolute atomic E-state index is 0.139. The van der Waals surface area contributed by atoms with Gasteiger partial charge in [0.25, 0.3) is 5.82 Å². The highest BCUT2D eigenvalue weighted by atomic mass is 16.5. The predicted octanol–water partition coefficient (Wildman–Crippen LogP) is 1.65. The van der Waals surface area contributed by atoms with Gasteiger partial charge in [-0.25, -0.2) is 4.98 Å². The Labute approximate surface area is 142 Å². The van der Waals surface area contributed by atoms with Crippen molar-refractivity contribution in [2.24, 2.45) is 0 Å². The average Bonchev–Trinajstić information content (AvgIpc) is 2.60. The summed E-state index contributed by atoms with van der Waals surface area (Å²) in [7, 11) is 3.35. The summed E-state index contributed by atoms with van der Waals surface area (Å²) in [6, 6.07) is 5.97. The molecule has 3 rings (SSSR count). The van der Waals surface area contributed by atoms with Crippen LogP contribution in [-0.4, -0.2) is 51.2 Å². The molecule has 6 heteroatoms. The lowest BCUT2D eigenvalue weighted by molar-refractivity contribution is -0.331. The number of amides is 1. The Morgan fingerprint density at radius 3 is 2.29 bits per heavy atom. The molecule has 1 aliphatic heterocycles. The molecule has 0 bridgehead atoms. The first-order valence-corrected chi connectivity index (χ1v) is 8.13. The Balaban J connectivity index is 2.00. The van der Waals surface area contributed by atoms with Crippen LogP contribution in [0.1, 0.15) is 12.5 Å². The monoisotopic (exact) mass is 330 g/mol. The van der Waals surface area contributed by atoms with Crippen LogP contribution < -0.4 is 19.4 Å². The van der Waals surface area contributed by atoms with E-state index in [-0.39, 0.29) is 5.91 Å². The highest BCUT2D eigenvalue weighted by molar-refractivity contribution is 5.91. The third kappa shape index (κ3) is 2.84. The number of aromatic nitrogens is 1. The largest absolute Gasteiger partial charge is 0.496 e. The van der Waals surface area contributed by atoms with E-state index in [0.717, 1.165) is 60.0 Å². The zero-order chi connectivity index (χ0) is 17.3. The second-order valence-corrected chi connectivity index (χ2v) is 6.05. The van der Waals surface area contributed by atoms with E-state index in [4.69, 9.17) is 9.47 Å². The van der Waals surface area contributed by atoms with Crippen LogP contribution in [-0.2, 0) is 4.79 Å². The molecule has 0 aliphatic carbocycles. The first-order valence-electron chi connectivity index (χ1n) is 8.13. The molecular weight excluding hydrogens is 306 g/mol. The number of hydrogen-bond acceptors (Lipinski definition) is 4. The Hall–Kier alpha value is -2.50. The SMILES string of the molecule is COc1ccc(OC)c2c(C)cc(N3CCN(C(C)=O)CC3)[nH+]c12. The van der Waals surface area contributed by atoms with Gasteiger partial charge in [-0.2, -0.15) is 0 Å². The van der Waals surface area contributed by atoms with Crippen LogP contribution in [0, 0.1) is 6.92 Å². The molecule has 0 spiro atoms. The van der Waals surface area contributed by atoms with Gasteiger partial charge in [0.2, 0.25) is 5.91 Å². The second-order valence-electron chi connectivity index (χ2n) is 6.05. The molecule has 0 atom stereocenters. The van der Waals surface area contributed by atoms with E-state index in [1.54, 1.807) is 21.1 Å². The fourth-order valence-electron chi connectivity index (χ4n) is 3.29. The van der Waals surface area contributed by atoms with Gasteiger partial charge in [-0.3, -0.25) is 9.69 Å². The molecule has 2 heterocycles. The van der Waals surface area contributed by atoms with Gasteiger partial charge in [-0.15, -0.1) is 0 Å². The van der Waals surface area contributed by atoms with Crippen molar-refractivity contribution in [2.75, 3.05) is 45.3 Å². The first kappa shape index (κ1) is 16.4. The second kappa shape index (κ2) is 6.55. The zero-order valence-electron chi connectivity index (χ0n) is 14.7. The third-order valence-electron chi connectivity index (χ3n) is 4.64. The predicted molar refractivity (Wildman–Crippen MR) is 92.8 cm³/mol. The molecule has 0 radical (unpaired) electrons. The highest BCUT2D eigenvalue weighted by Gasteiger charge is 2.26. The van der Waals surface area contributed by atoms with Gasteiger partial charge < -0.3 is 14.4 Å². The van der Waals surface area contributed by atoms with Gasteiger partial charge in [0.05, 0.1) is 32.7 Å². The van der Waals surface area contributed by atoms with Crippen LogP contribution in [0.5, 0.6) is 11.5 Å². The number of piperazine rings is 1. The molecule has 24 heavy (non-hydrogen) atoms. The third-order valence-corrected chi connectivity index (χ3v) is 4.64. The summed E-state index contributed by atoms with van der Waals surface area (Å²) in [5.74, 6) is 2.79. The van der Waals surface area contributed by atoms with Crippen molar-refractivity contribution in [1.82, 2.24) is 4.90 Å². The lowest BCUT2D eigenvalue weighted by Crippen LogP contribution is -2.49. The van der Waals surface area contributed by atoms with E-state index in [1.165, 1.54) is 0 Å². The molecule has 1 amide bonds. The number of pyridine rings is 1. The quantitative estimate of drug-likeness (QED) is 0.859. The number of fused-ring (bicyclic) bond motifs is 1. The summed E-state index contributed by atoms with van der Waals surface area (Å²) in [4.78, 5) is 19.1. The van der Waals surface area contributed by atoms with Crippen LogP contribution in [0.4, 0.5) is 5.82 Å². The standard InChI is InChI=1S/C18H23N3O3/c1-12-11-16(21-9-7-20(8-10-21)13(2)22)19-18-15(24-4)6-5-14(23-3)17(12)18/h5-6,11H,7-10H2,1-4H3/p+1. The maximum atomic E-state index is 11.5. The van der Waals surface area contributed by atoms with Crippen molar-refractivity contribution in [3.05, 3.63) is 23.8 Å². The number of ether oxygens (including phenoxy) is 2. The van der Waals surface area contributed by atoms with Gasteiger partial charge >= 0.3 is 0 Å². The van der Waals surface area contributed by atoms with Crippen LogP contribution in [0.2, 0.25) is 0 Å². The summed E-state index contributed by atoms with van der Waals surface area (Å²) in [5, 5.41) is 1.03. The van der Waals surface area contributed by atoms with Gasteiger partial charge in [0.1, 0.15) is 18.8 Å². The van der Waals surface area contributed by atoms with E-state index >= 15 is 0 Å². The van der Waals surface area contributed by atoms with Crippen LogP contribution >= 0.6 is 0 Å². The minimum atomic E-state index is 0.139.